The molecular formula is C15H19N3O3. The van der Waals surface area contributed by atoms with Crippen molar-refractivity contribution in [2.45, 2.75) is 26.3 Å². The zero-order valence-electron chi connectivity index (χ0n) is 12.1. The maximum Gasteiger partial charge on any atom is 0.254 e. The molecule has 3 amide bonds. The summed E-state index contributed by atoms with van der Waals surface area (Å²) in [4.78, 5) is 36.0. The Balaban J connectivity index is 2.05. The van der Waals surface area contributed by atoms with E-state index in [4.69, 9.17) is 0 Å². The van der Waals surface area contributed by atoms with Crippen LogP contribution in [0.5, 0.6) is 0 Å². The Bertz CT molecular complexity index is 569. The first kappa shape index (κ1) is 15.0. The lowest BCUT2D eigenvalue weighted by Gasteiger charge is -2.15. The van der Waals surface area contributed by atoms with E-state index >= 15 is 0 Å². The predicted octanol–water partition coefficient (Wildman–Crippen LogP) is 0.899. The molecule has 21 heavy (non-hydrogen) atoms. The molecule has 0 unspecified atom stereocenters. The van der Waals surface area contributed by atoms with Crippen LogP contribution < -0.4 is 16.0 Å². The molecule has 1 aliphatic heterocycles. The third-order valence-electron chi connectivity index (χ3n) is 3.15. The number of nitrogens with one attached hydrogen (secondary N) is 3. The maximum atomic E-state index is 12.1. The number of rotatable bonds is 4. The van der Waals surface area contributed by atoms with Crippen LogP contribution in [0.25, 0.3) is 0 Å². The molecule has 0 radical (unpaired) electrons. The number of hydrogen-bond donors (Lipinski definition) is 3. The van der Waals surface area contributed by atoms with Gasteiger partial charge in [0.05, 0.1) is 17.7 Å². The van der Waals surface area contributed by atoms with Crippen molar-refractivity contribution in [1.82, 2.24) is 10.6 Å². The highest BCUT2D eigenvalue weighted by Gasteiger charge is 2.29. The Morgan fingerprint density at radius 1 is 1.29 bits per heavy atom. The van der Waals surface area contributed by atoms with E-state index in [-0.39, 0.29) is 24.1 Å². The van der Waals surface area contributed by atoms with Gasteiger partial charge in [0, 0.05) is 6.54 Å². The monoisotopic (exact) mass is 289 g/mol. The van der Waals surface area contributed by atoms with Crippen molar-refractivity contribution in [1.29, 1.82) is 0 Å². The average Bonchev–Trinajstić information content (AvgIpc) is 2.55. The molecule has 0 fully saturated rings. The third kappa shape index (κ3) is 3.81. The van der Waals surface area contributed by atoms with Gasteiger partial charge >= 0.3 is 0 Å². The van der Waals surface area contributed by atoms with Gasteiger partial charge < -0.3 is 16.0 Å². The van der Waals surface area contributed by atoms with Crippen molar-refractivity contribution < 1.29 is 14.4 Å². The quantitative estimate of drug-likeness (QED) is 0.769. The first-order valence-electron chi connectivity index (χ1n) is 6.95. The minimum Gasteiger partial charge on any atom is -0.356 e. The summed E-state index contributed by atoms with van der Waals surface area (Å²) in [5.74, 6) is -0.663. The van der Waals surface area contributed by atoms with Gasteiger partial charge in [-0.15, -0.1) is 0 Å². The smallest absolute Gasteiger partial charge is 0.254 e. The summed E-state index contributed by atoms with van der Waals surface area (Å²) < 4.78 is 0. The molecule has 1 aromatic carbocycles. The number of amides is 3. The van der Waals surface area contributed by atoms with Gasteiger partial charge in [0.25, 0.3) is 5.91 Å². The minimum atomic E-state index is -0.864. The van der Waals surface area contributed by atoms with Crippen LogP contribution in [0, 0.1) is 5.92 Å². The van der Waals surface area contributed by atoms with Gasteiger partial charge in [-0.05, 0) is 18.1 Å². The highest BCUT2D eigenvalue weighted by molar-refractivity contribution is 6.10. The molecule has 0 bridgehead atoms. The summed E-state index contributed by atoms with van der Waals surface area (Å²) in [6.45, 7) is 4.51. The van der Waals surface area contributed by atoms with Crippen LogP contribution in [-0.2, 0) is 9.59 Å². The summed E-state index contributed by atoms with van der Waals surface area (Å²) in [6.07, 6.45) is -0.0711. The zero-order valence-corrected chi connectivity index (χ0v) is 12.1. The molecule has 0 aromatic heterocycles. The third-order valence-corrected chi connectivity index (χ3v) is 3.15. The summed E-state index contributed by atoms with van der Waals surface area (Å²) in [5.41, 5.74) is 0.862. The molecule has 1 aromatic rings. The number of hydrogen-bond acceptors (Lipinski definition) is 3. The van der Waals surface area contributed by atoms with Crippen molar-refractivity contribution in [3.05, 3.63) is 29.8 Å². The molecule has 0 saturated heterocycles. The van der Waals surface area contributed by atoms with Gasteiger partial charge in [-0.1, -0.05) is 26.0 Å². The molecule has 6 heteroatoms. The number of para-hydroxylation sites is 1. The summed E-state index contributed by atoms with van der Waals surface area (Å²) in [5, 5.41) is 8.00. The average molecular weight is 289 g/mol. The predicted molar refractivity (Wildman–Crippen MR) is 78.8 cm³/mol. The molecule has 112 valence electrons. The fraction of sp³-hybridized carbons (Fsp3) is 0.400. The van der Waals surface area contributed by atoms with Gasteiger partial charge in [-0.25, -0.2) is 0 Å². The van der Waals surface area contributed by atoms with E-state index < -0.39 is 6.04 Å². The van der Waals surface area contributed by atoms with E-state index in [1.54, 1.807) is 24.3 Å². The fourth-order valence-electron chi connectivity index (χ4n) is 2.03. The maximum absolute atomic E-state index is 12.1. The Labute approximate surface area is 123 Å². The normalized spacial score (nSPS) is 17.6. The topological polar surface area (TPSA) is 87.3 Å². The fourth-order valence-corrected chi connectivity index (χ4v) is 2.03. The van der Waals surface area contributed by atoms with Gasteiger partial charge in [0.15, 0.2) is 0 Å². The number of carbonyl (C=O) groups excluding carboxylic acids is 3. The van der Waals surface area contributed by atoms with E-state index in [1.807, 2.05) is 13.8 Å². The Kier molecular flexibility index (Phi) is 4.57. The van der Waals surface area contributed by atoms with Crippen LogP contribution in [0.1, 0.15) is 30.6 Å². The second kappa shape index (κ2) is 6.39. The van der Waals surface area contributed by atoms with Crippen molar-refractivity contribution in [3.63, 3.8) is 0 Å². The van der Waals surface area contributed by atoms with Crippen molar-refractivity contribution in [3.8, 4) is 0 Å². The van der Waals surface area contributed by atoms with Crippen molar-refractivity contribution in [2.24, 2.45) is 5.92 Å². The zero-order chi connectivity index (χ0) is 15.4. The first-order chi connectivity index (χ1) is 9.97. The Hall–Kier alpha value is -2.37. The van der Waals surface area contributed by atoms with E-state index in [2.05, 4.69) is 16.0 Å². The molecule has 6 nitrogen and oxygen atoms in total. The van der Waals surface area contributed by atoms with Gasteiger partial charge in [-0.2, -0.15) is 0 Å². The van der Waals surface area contributed by atoms with Gasteiger partial charge in [-0.3, -0.25) is 14.4 Å². The molecule has 1 heterocycles. The minimum absolute atomic E-state index is 0.0711. The molecular weight excluding hydrogens is 270 g/mol. The lowest BCUT2D eigenvalue weighted by molar-refractivity contribution is -0.125. The van der Waals surface area contributed by atoms with Crippen LogP contribution in [-0.4, -0.2) is 30.3 Å². The van der Waals surface area contributed by atoms with Crippen LogP contribution in [0.4, 0.5) is 5.69 Å². The Morgan fingerprint density at radius 3 is 2.71 bits per heavy atom. The van der Waals surface area contributed by atoms with Crippen molar-refractivity contribution in [2.75, 3.05) is 11.9 Å². The van der Waals surface area contributed by atoms with Gasteiger partial charge in [0.1, 0.15) is 6.04 Å². The highest BCUT2D eigenvalue weighted by Crippen LogP contribution is 2.18. The summed E-state index contributed by atoms with van der Waals surface area (Å²) in [6, 6.07) is 5.89. The number of anilines is 1. The Morgan fingerprint density at radius 2 is 2.00 bits per heavy atom. The van der Waals surface area contributed by atoms with Gasteiger partial charge in [0.2, 0.25) is 11.8 Å². The molecule has 1 atom stereocenters. The van der Waals surface area contributed by atoms with E-state index in [9.17, 15) is 14.4 Å². The second-order valence-corrected chi connectivity index (χ2v) is 5.46. The molecule has 3 N–H and O–H groups in total. The first-order valence-corrected chi connectivity index (χ1v) is 6.95. The van der Waals surface area contributed by atoms with Crippen LogP contribution in [0.2, 0.25) is 0 Å². The molecule has 0 saturated carbocycles. The van der Waals surface area contributed by atoms with E-state index in [0.717, 1.165) is 0 Å². The largest absolute Gasteiger partial charge is 0.356 e. The molecule has 1 aliphatic rings. The number of benzene rings is 1. The standard InChI is InChI=1S/C15H19N3O3/c1-9(2)8-16-13(19)7-12-15(21)17-11-6-4-3-5-10(11)14(20)18-12/h3-6,9,12H,7-8H2,1-2H3,(H,16,19)(H,17,21)(H,18,20)/t12-/m0/s1. The van der Waals surface area contributed by atoms with Crippen LogP contribution >= 0.6 is 0 Å². The summed E-state index contributed by atoms with van der Waals surface area (Å²) in [7, 11) is 0. The summed E-state index contributed by atoms with van der Waals surface area (Å²) >= 11 is 0. The SMILES string of the molecule is CC(C)CNC(=O)C[C@@H]1NC(=O)c2ccccc2NC1=O. The number of carbonyl (C=O) groups is 3. The van der Waals surface area contributed by atoms with E-state index in [0.29, 0.717) is 23.7 Å². The van der Waals surface area contributed by atoms with Crippen LogP contribution in [0.15, 0.2) is 24.3 Å². The lowest BCUT2D eigenvalue weighted by Crippen LogP contribution is -2.44. The number of fused-ring (bicyclic) bond motifs is 1. The van der Waals surface area contributed by atoms with Crippen LogP contribution in [0.3, 0.4) is 0 Å². The molecule has 0 aliphatic carbocycles. The van der Waals surface area contributed by atoms with E-state index in [1.165, 1.54) is 0 Å². The molecule has 0 spiro atoms. The lowest BCUT2D eigenvalue weighted by atomic mass is 10.1. The second-order valence-electron chi connectivity index (χ2n) is 5.46. The van der Waals surface area contributed by atoms with Crippen molar-refractivity contribution >= 4 is 23.4 Å². The highest BCUT2D eigenvalue weighted by atomic mass is 16.2. The molecule has 2 rings (SSSR count).